The first kappa shape index (κ1) is 15.2. The lowest BCUT2D eigenvalue weighted by Gasteiger charge is -2.32. The van der Waals surface area contributed by atoms with Gasteiger partial charge in [-0.1, -0.05) is 12.1 Å². The number of rotatable bonds is 3. The van der Waals surface area contributed by atoms with Gasteiger partial charge in [-0.3, -0.25) is 0 Å². The number of morpholine rings is 1. The first-order chi connectivity index (χ1) is 11.0. The molecule has 7 heteroatoms. The van der Waals surface area contributed by atoms with Crippen molar-refractivity contribution in [2.75, 3.05) is 24.6 Å². The molecule has 0 bridgehead atoms. The third-order valence-corrected chi connectivity index (χ3v) is 3.65. The number of aromatic nitrogens is 2. The molecular weight excluding hydrogens is 298 g/mol. The van der Waals surface area contributed by atoms with Crippen LogP contribution in [0.25, 0.3) is 11.4 Å². The van der Waals surface area contributed by atoms with Crippen LogP contribution in [0.4, 0.5) is 5.82 Å². The van der Waals surface area contributed by atoms with E-state index in [1.54, 1.807) is 30.3 Å². The number of carboxylic acids is 1. The average Bonchev–Trinajstić information content (AvgIpc) is 2.55. The summed E-state index contributed by atoms with van der Waals surface area (Å²) in [6, 6.07) is 8.65. The molecule has 0 aliphatic carbocycles. The number of benzene rings is 1. The molecule has 1 aliphatic rings. The first-order valence-corrected chi connectivity index (χ1v) is 7.28. The van der Waals surface area contributed by atoms with Gasteiger partial charge in [-0.05, 0) is 19.1 Å². The Labute approximate surface area is 133 Å². The molecule has 1 fully saturated rings. The number of aromatic hydroxyl groups is 1. The number of carbonyl (C=O) groups is 1. The molecule has 2 heterocycles. The summed E-state index contributed by atoms with van der Waals surface area (Å²) in [6.45, 7) is 2.95. The van der Waals surface area contributed by atoms with Crippen LogP contribution in [0.3, 0.4) is 0 Å². The lowest BCUT2D eigenvalue weighted by atomic mass is 10.2. The third-order valence-electron chi connectivity index (χ3n) is 3.65. The van der Waals surface area contributed by atoms with Crippen molar-refractivity contribution in [1.82, 2.24) is 9.97 Å². The van der Waals surface area contributed by atoms with Crippen molar-refractivity contribution in [2.45, 2.75) is 13.0 Å². The van der Waals surface area contributed by atoms with E-state index in [9.17, 15) is 9.90 Å². The van der Waals surface area contributed by atoms with E-state index in [2.05, 4.69) is 9.97 Å². The van der Waals surface area contributed by atoms with Crippen molar-refractivity contribution in [1.29, 1.82) is 0 Å². The fraction of sp³-hybridized carbons (Fsp3) is 0.312. The Hall–Kier alpha value is -2.67. The lowest BCUT2D eigenvalue weighted by molar-refractivity contribution is -0.150. The summed E-state index contributed by atoms with van der Waals surface area (Å²) in [5.74, 6) is 0.164. The maximum atomic E-state index is 11.1. The summed E-state index contributed by atoms with van der Waals surface area (Å²) in [6.07, 6.45) is -0.868. The quantitative estimate of drug-likeness (QED) is 0.885. The minimum atomic E-state index is -0.985. The highest BCUT2D eigenvalue weighted by molar-refractivity contribution is 5.73. The second-order valence-corrected chi connectivity index (χ2v) is 5.35. The molecule has 1 aromatic carbocycles. The van der Waals surface area contributed by atoms with Crippen molar-refractivity contribution >= 4 is 11.8 Å². The molecule has 0 saturated carbocycles. The summed E-state index contributed by atoms with van der Waals surface area (Å²) >= 11 is 0. The maximum Gasteiger partial charge on any atom is 0.334 e. The molecule has 1 atom stereocenters. The SMILES string of the molecule is Cc1cc(N2CCOC(C(=O)O)C2)nc(-c2ccccc2O)n1. The van der Waals surface area contributed by atoms with E-state index in [4.69, 9.17) is 9.84 Å². The van der Waals surface area contributed by atoms with Crippen LogP contribution in [0.5, 0.6) is 5.75 Å². The topological polar surface area (TPSA) is 95.8 Å². The van der Waals surface area contributed by atoms with Gasteiger partial charge in [0, 0.05) is 18.3 Å². The fourth-order valence-electron chi connectivity index (χ4n) is 2.50. The predicted octanol–water partition coefficient (Wildman–Crippen LogP) is 1.45. The molecule has 23 heavy (non-hydrogen) atoms. The van der Waals surface area contributed by atoms with Gasteiger partial charge < -0.3 is 19.8 Å². The number of hydrogen-bond acceptors (Lipinski definition) is 6. The zero-order valence-electron chi connectivity index (χ0n) is 12.6. The van der Waals surface area contributed by atoms with E-state index in [0.29, 0.717) is 30.4 Å². The smallest absolute Gasteiger partial charge is 0.334 e. The molecule has 1 aromatic heterocycles. The average molecular weight is 315 g/mol. The van der Waals surface area contributed by atoms with Crippen molar-refractivity contribution in [2.24, 2.45) is 0 Å². The van der Waals surface area contributed by atoms with Crippen LogP contribution in [-0.4, -0.2) is 52.0 Å². The number of phenolic OH excluding ortho intramolecular Hbond substituents is 1. The van der Waals surface area contributed by atoms with E-state index < -0.39 is 12.1 Å². The van der Waals surface area contributed by atoms with E-state index >= 15 is 0 Å². The van der Waals surface area contributed by atoms with Crippen molar-refractivity contribution in [3.05, 3.63) is 36.0 Å². The van der Waals surface area contributed by atoms with E-state index in [-0.39, 0.29) is 12.3 Å². The van der Waals surface area contributed by atoms with Crippen molar-refractivity contribution < 1.29 is 19.7 Å². The number of aliphatic carboxylic acids is 1. The second-order valence-electron chi connectivity index (χ2n) is 5.35. The number of nitrogens with zero attached hydrogens (tertiary/aromatic N) is 3. The third kappa shape index (κ3) is 3.24. The molecule has 0 amide bonds. The Bertz CT molecular complexity index is 735. The van der Waals surface area contributed by atoms with Gasteiger partial charge in [-0.15, -0.1) is 0 Å². The van der Waals surface area contributed by atoms with Crippen molar-refractivity contribution in [3.8, 4) is 17.1 Å². The molecule has 2 N–H and O–H groups in total. The molecular formula is C16H17N3O4. The van der Waals surface area contributed by atoms with Crippen molar-refractivity contribution in [3.63, 3.8) is 0 Å². The van der Waals surface area contributed by atoms with Crippen LogP contribution in [0.2, 0.25) is 0 Å². The zero-order chi connectivity index (χ0) is 16.4. The highest BCUT2D eigenvalue weighted by Crippen LogP contribution is 2.28. The lowest BCUT2D eigenvalue weighted by Crippen LogP contribution is -2.46. The second kappa shape index (κ2) is 6.21. The summed E-state index contributed by atoms with van der Waals surface area (Å²) < 4.78 is 5.23. The van der Waals surface area contributed by atoms with Crippen LogP contribution in [0.1, 0.15) is 5.69 Å². The van der Waals surface area contributed by atoms with E-state index in [0.717, 1.165) is 5.69 Å². The van der Waals surface area contributed by atoms with E-state index in [1.165, 1.54) is 0 Å². The Morgan fingerprint density at radius 2 is 2.13 bits per heavy atom. The Morgan fingerprint density at radius 1 is 1.35 bits per heavy atom. The summed E-state index contributed by atoms with van der Waals surface area (Å²) in [5.41, 5.74) is 1.28. The van der Waals surface area contributed by atoms with Gasteiger partial charge in [0.1, 0.15) is 11.6 Å². The zero-order valence-corrected chi connectivity index (χ0v) is 12.6. The van der Waals surface area contributed by atoms with E-state index in [1.807, 2.05) is 11.8 Å². The fourth-order valence-corrected chi connectivity index (χ4v) is 2.50. The number of carboxylic acid groups (broad SMARTS) is 1. The largest absolute Gasteiger partial charge is 0.507 e. The van der Waals surface area contributed by atoms with Gasteiger partial charge in [0.15, 0.2) is 11.9 Å². The Morgan fingerprint density at radius 3 is 2.87 bits per heavy atom. The Balaban J connectivity index is 1.95. The number of aryl methyl sites for hydroxylation is 1. The molecule has 1 aliphatic heterocycles. The predicted molar refractivity (Wildman–Crippen MR) is 83.5 cm³/mol. The van der Waals surface area contributed by atoms with Gasteiger partial charge in [0.25, 0.3) is 0 Å². The van der Waals surface area contributed by atoms with Gasteiger partial charge in [-0.2, -0.15) is 0 Å². The molecule has 1 saturated heterocycles. The highest BCUT2D eigenvalue weighted by atomic mass is 16.5. The first-order valence-electron chi connectivity index (χ1n) is 7.28. The Kier molecular flexibility index (Phi) is 4.12. The highest BCUT2D eigenvalue weighted by Gasteiger charge is 2.27. The molecule has 0 radical (unpaired) electrons. The van der Waals surface area contributed by atoms with Crippen LogP contribution < -0.4 is 4.90 Å². The minimum Gasteiger partial charge on any atom is -0.507 e. The minimum absolute atomic E-state index is 0.106. The molecule has 1 unspecified atom stereocenters. The number of hydrogen-bond donors (Lipinski definition) is 2. The summed E-state index contributed by atoms with van der Waals surface area (Å²) in [7, 11) is 0. The molecule has 2 aromatic rings. The maximum absolute atomic E-state index is 11.1. The number of phenols is 1. The molecule has 120 valence electrons. The molecule has 7 nitrogen and oxygen atoms in total. The number of ether oxygens (including phenoxy) is 1. The summed E-state index contributed by atoms with van der Waals surface area (Å²) in [4.78, 5) is 21.8. The number of anilines is 1. The van der Waals surface area contributed by atoms with Gasteiger partial charge in [-0.25, -0.2) is 14.8 Å². The molecule has 0 spiro atoms. The monoisotopic (exact) mass is 315 g/mol. The van der Waals surface area contributed by atoms with Crippen LogP contribution in [0.15, 0.2) is 30.3 Å². The van der Waals surface area contributed by atoms with Gasteiger partial charge >= 0.3 is 5.97 Å². The van der Waals surface area contributed by atoms with Crippen LogP contribution in [-0.2, 0) is 9.53 Å². The summed E-state index contributed by atoms with van der Waals surface area (Å²) in [5, 5.41) is 19.1. The normalized spacial score (nSPS) is 18.0. The number of para-hydroxylation sites is 1. The standard InChI is InChI=1S/C16H17N3O4/c1-10-8-14(19-6-7-23-13(9-19)16(21)22)18-15(17-10)11-4-2-3-5-12(11)20/h2-5,8,13,20H,6-7,9H2,1H3,(H,21,22). The van der Waals surface area contributed by atoms with Gasteiger partial charge in [0.2, 0.25) is 0 Å². The van der Waals surface area contributed by atoms with Crippen LogP contribution >= 0.6 is 0 Å². The van der Waals surface area contributed by atoms with Crippen LogP contribution in [0, 0.1) is 6.92 Å². The van der Waals surface area contributed by atoms with Gasteiger partial charge in [0.05, 0.1) is 18.7 Å². The molecule has 3 rings (SSSR count).